The predicted molar refractivity (Wildman–Crippen MR) is 170 cm³/mol. The van der Waals surface area contributed by atoms with Crippen LogP contribution in [0.2, 0.25) is 0 Å². The van der Waals surface area contributed by atoms with E-state index in [9.17, 15) is 28.0 Å². The number of carbonyl (C=O) groups excluding carboxylic acids is 1. The highest BCUT2D eigenvalue weighted by Gasteiger charge is 2.36. The molecule has 5 rings (SSSR count). The fourth-order valence-electron chi connectivity index (χ4n) is 5.20. The van der Waals surface area contributed by atoms with Crippen LogP contribution in [-0.2, 0) is 12.7 Å². The number of carbonyl (C=O) groups is 1. The van der Waals surface area contributed by atoms with Crippen molar-refractivity contribution >= 4 is 5.91 Å². The van der Waals surface area contributed by atoms with E-state index in [1.165, 1.54) is 10.6 Å². The first-order chi connectivity index (χ1) is 21.9. The average Bonchev–Trinajstić information content (AvgIpc) is 3.03. The molecule has 1 aromatic heterocycles. The highest BCUT2D eigenvalue weighted by atomic mass is 19.4. The van der Waals surface area contributed by atoms with Crippen LogP contribution in [0.5, 0.6) is 11.5 Å². The second-order valence-electron chi connectivity index (χ2n) is 11.0. The molecular formula is C37H30F3N3O3. The number of aromatic nitrogens is 1. The Morgan fingerprint density at radius 3 is 2.28 bits per heavy atom. The van der Waals surface area contributed by atoms with Crippen LogP contribution < -0.4 is 15.6 Å². The molecule has 1 amide bonds. The number of benzene rings is 4. The first-order valence-corrected chi connectivity index (χ1v) is 14.5. The van der Waals surface area contributed by atoms with Crippen LogP contribution in [0, 0.1) is 25.2 Å². The molecular weight excluding hydrogens is 591 g/mol. The second kappa shape index (κ2) is 13.2. The van der Waals surface area contributed by atoms with Gasteiger partial charge in [0.15, 0.2) is 0 Å². The maximum Gasteiger partial charge on any atom is 0.417 e. The summed E-state index contributed by atoms with van der Waals surface area (Å²) in [5, 5.41) is 12.5. The molecule has 0 aliphatic carbocycles. The molecule has 232 valence electrons. The number of ether oxygens (including phenoxy) is 1. The van der Waals surface area contributed by atoms with Gasteiger partial charge in [0.2, 0.25) is 0 Å². The molecule has 1 atom stereocenters. The summed E-state index contributed by atoms with van der Waals surface area (Å²) in [5.74, 6) is 0.476. The van der Waals surface area contributed by atoms with E-state index in [4.69, 9.17) is 4.74 Å². The number of pyridine rings is 1. The summed E-state index contributed by atoms with van der Waals surface area (Å²) in [6.07, 6.45) is -4.91. The molecule has 1 heterocycles. The van der Waals surface area contributed by atoms with Crippen molar-refractivity contribution in [3.8, 4) is 28.8 Å². The van der Waals surface area contributed by atoms with Crippen molar-refractivity contribution in [3.05, 3.63) is 152 Å². The molecule has 0 fully saturated rings. The number of halogens is 3. The third kappa shape index (κ3) is 7.02. The molecule has 5 aromatic rings. The van der Waals surface area contributed by atoms with Crippen LogP contribution in [0.25, 0.3) is 11.3 Å². The van der Waals surface area contributed by atoms with Gasteiger partial charge in [0.05, 0.1) is 23.8 Å². The fourth-order valence-corrected chi connectivity index (χ4v) is 5.20. The number of nitrogens with zero attached hydrogens (tertiary/aromatic N) is 2. The highest BCUT2D eigenvalue weighted by molar-refractivity contribution is 5.94. The molecule has 0 radical (unpaired) electrons. The Bertz CT molecular complexity index is 1990. The molecule has 0 saturated heterocycles. The van der Waals surface area contributed by atoms with Gasteiger partial charge in [-0.15, -0.1) is 0 Å². The number of hydrogen-bond donors (Lipinski definition) is 1. The van der Waals surface area contributed by atoms with Gasteiger partial charge in [0.25, 0.3) is 11.5 Å². The second-order valence-corrected chi connectivity index (χ2v) is 11.0. The zero-order valence-electron chi connectivity index (χ0n) is 25.4. The minimum Gasteiger partial charge on any atom is -0.457 e. The van der Waals surface area contributed by atoms with Crippen LogP contribution in [0.4, 0.5) is 13.2 Å². The average molecular weight is 622 g/mol. The van der Waals surface area contributed by atoms with E-state index < -0.39 is 22.9 Å². The molecule has 1 N–H and O–H groups in total. The maximum absolute atomic E-state index is 14.0. The van der Waals surface area contributed by atoms with E-state index in [1.807, 2.05) is 69.3 Å². The summed E-state index contributed by atoms with van der Waals surface area (Å²) >= 11 is 0. The number of rotatable bonds is 8. The number of nitriles is 1. The fraction of sp³-hybridized carbons (Fsp3) is 0.162. The van der Waals surface area contributed by atoms with Crippen molar-refractivity contribution in [2.75, 3.05) is 0 Å². The van der Waals surface area contributed by atoms with Crippen LogP contribution in [0.1, 0.15) is 56.7 Å². The lowest BCUT2D eigenvalue weighted by Gasteiger charge is -2.19. The lowest BCUT2D eigenvalue weighted by molar-refractivity contribution is -0.137. The van der Waals surface area contributed by atoms with Crippen molar-refractivity contribution < 1.29 is 22.7 Å². The van der Waals surface area contributed by atoms with Crippen LogP contribution in [-0.4, -0.2) is 10.5 Å². The summed E-state index contributed by atoms with van der Waals surface area (Å²) in [5.41, 5.74) is 1.03. The molecule has 0 bridgehead atoms. The van der Waals surface area contributed by atoms with E-state index in [1.54, 1.807) is 48.5 Å². The number of alkyl halides is 3. The first kappa shape index (κ1) is 31.8. The van der Waals surface area contributed by atoms with Crippen LogP contribution in [0.3, 0.4) is 0 Å². The van der Waals surface area contributed by atoms with Gasteiger partial charge in [-0.05, 0) is 91.6 Å². The minimum atomic E-state index is -4.91. The first-order valence-electron chi connectivity index (χ1n) is 14.5. The Morgan fingerprint density at radius 1 is 0.913 bits per heavy atom. The van der Waals surface area contributed by atoms with E-state index in [0.717, 1.165) is 28.3 Å². The van der Waals surface area contributed by atoms with Crippen molar-refractivity contribution in [2.24, 2.45) is 0 Å². The number of nitrogens with one attached hydrogen (secondary N) is 1. The molecule has 0 spiro atoms. The summed E-state index contributed by atoms with van der Waals surface area (Å²) < 4.78 is 49.1. The summed E-state index contributed by atoms with van der Waals surface area (Å²) in [7, 11) is 0. The summed E-state index contributed by atoms with van der Waals surface area (Å²) in [4.78, 5) is 26.3. The van der Waals surface area contributed by atoms with Gasteiger partial charge < -0.3 is 14.6 Å². The van der Waals surface area contributed by atoms with E-state index >= 15 is 0 Å². The molecule has 1 unspecified atom stereocenters. The Hall–Kier alpha value is -5.62. The molecule has 0 aliphatic heterocycles. The van der Waals surface area contributed by atoms with E-state index in [2.05, 4.69) is 5.32 Å². The summed E-state index contributed by atoms with van der Waals surface area (Å²) in [6, 6.07) is 30.1. The van der Waals surface area contributed by atoms with Gasteiger partial charge in [-0.1, -0.05) is 60.2 Å². The largest absolute Gasteiger partial charge is 0.457 e. The number of aryl methyl sites for hydroxylation is 2. The monoisotopic (exact) mass is 621 g/mol. The summed E-state index contributed by atoms with van der Waals surface area (Å²) in [6.45, 7) is 5.64. The molecule has 9 heteroatoms. The van der Waals surface area contributed by atoms with Crippen molar-refractivity contribution in [1.82, 2.24) is 9.88 Å². The van der Waals surface area contributed by atoms with Gasteiger partial charge in [0.1, 0.15) is 23.1 Å². The highest BCUT2D eigenvalue weighted by Crippen LogP contribution is 2.35. The normalized spacial score (nSPS) is 11.8. The third-order valence-electron chi connectivity index (χ3n) is 7.67. The van der Waals surface area contributed by atoms with Crippen molar-refractivity contribution in [2.45, 2.75) is 39.5 Å². The Morgan fingerprint density at radius 2 is 1.63 bits per heavy atom. The molecule has 46 heavy (non-hydrogen) atoms. The van der Waals surface area contributed by atoms with Gasteiger partial charge in [-0.3, -0.25) is 9.59 Å². The molecule has 0 aliphatic rings. The lowest BCUT2D eigenvalue weighted by atomic mass is 10.0. The molecule has 0 saturated carbocycles. The SMILES string of the molecule is Cc1ccc(Cn2c(-c3ccc(Oc4cccc(C(=O)NC(C)c5ccccc5)c4)cc3)cc(C(F)(F)F)c(C#N)c2=O)c(C)c1. The molecule has 4 aromatic carbocycles. The zero-order valence-corrected chi connectivity index (χ0v) is 25.4. The van der Waals surface area contributed by atoms with Crippen LogP contribution in [0.15, 0.2) is 108 Å². The maximum atomic E-state index is 14.0. The smallest absolute Gasteiger partial charge is 0.417 e. The van der Waals surface area contributed by atoms with E-state index in [-0.39, 0.29) is 24.2 Å². The topological polar surface area (TPSA) is 84.1 Å². The van der Waals surface area contributed by atoms with E-state index in [0.29, 0.717) is 22.6 Å². The van der Waals surface area contributed by atoms with Gasteiger partial charge in [-0.25, -0.2) is 0 Å². The number of amides is 1. The number of hydrogen-bond acceptors (Lipinski definition) is 4. The predicted octanol–water partition coefficient (Wildman–Crippen LogP) is 8.35. The quantitative estimate of drug-likeness (QED) is 0.189. The minimum absolute atomic E-state index is 0.00838. The van der Waals surface area contributed by atoms with Gasteiger partial charge >= 0.3 is 6.18 Å². The van der Waals surface area contributed by atoms with Crippen molar-refractivity contribution in [3.63, 3.8) is 0 Å². The molecule has 6 nitrogen and oxygen atoms in total. The lowest BCUT2D eigenvalue weighted by Crippen LogP contribution is -2.29. The Labute approximate surface area is 264 Å². The van der Waals surface area contributed by atoms with Gasteiger partial charge in [-0.2, -0.15) is 18.4 Å². The Kier molecular flexibility index (Phi) is 9.10. The third-order valence-corrected chi connectivity index (χ3v) is 7.67. The standard InChI is InChI=1S/C37H30F3N3O3/c1-23-12-13-29(24(2)18-23)22-43-34(20-33(37(38,39)40)32(21-41)36(43)45)27-14-16-30(17-15-27)46-31-11-7-10-28(19-31)35(44)42-25(3)26-8-5-4-6-9-26/h4-20,25H,22H2,1-3H3,(H,42,44). The van der Waals surface area contributed by atoms with Gasteiger partial charge in [0, 0.05) is 5.56 Å². The van der Waals surface area contributed by atoms with Crippen LogP contribution >= 0.6 is 0 Å². The zero-order chi connectivity index (χ0) is 33.0. The Balaban J connectivity index is 1.44. The van der Waals surface area contributed by atoms with Crippen molar-refractivity contribution in [1.29, 1.82) is 5.26 Å².